The van der Waals surface area contributed by atoms with Crippen LogP contribution in [0.4, 0.5) is 0 Å². The first-order valence-electron chi connectivity index (χ1n) is 5.94. The molecule has 1 aromatic carbocycles. The van der Waals surface area contributed by atoms with Crippen molar-refractivity contribution in [2.45, 2.75) is 20.0 Å². The second kappa shape index (κ2) is 5.90. The molecule has 19 heavy (non-hydrogen) atoms. The maximum atomic E-state index is 6.16. The summed E-state index contributed by atoms with van der Waals surface area (Å²) in [5, 5.41) is 9.62. The third-order valence-electron chi connectivity index (χ3n) is 3.04. The van der Waals surface area contributed by atoms with Gasteiger partial charge in [0.15, 0.2) is 0 Å². The number of rotatable bonds is 4. The van der Waals surface area contributed by atoms with Crippen molar-refractivity contribution >= 4 is 23.2 Å². The van der Waals surface area contributed by atoms with Gasteiger partial charge in [-0.1, -0.05) is 23.2 Å². The van der Waals surface area contributed by atoms with Gasteiger partial charge in [-0.05, 0) is 37.7 Å². The van der Waals surface area contributed by atoms with Crippen LogP contribution in [0.2, 0.25) is 10.0 Å². The van der Waals surface area contributed by atoms with Crippen LogP contribution < -0.4 is 0 Å². The second-order valence-corrected chi connectivity index (χ2v) is 5.47. The highest BCUT2D eigenvalue weighted by atomic mass is 35.5. The van der Waals surface area contributed by atoms with Gasteiger partial charge >= 0.3 is 0 Å². The summed E-state index contributed by atoms with van der Waals surface area (Å²) >= 11 is 12.1. The number of nitrogens with zero attached hydrogens (tertiary/aromatic N) is 4. The molecule has 0 N–H and O–H groups in total. The van der Waals surface area contributed by atoms with Crippen molar-refractivity contribution in [1.29, 1.82) is 0 Å². The Hall–Kier alpha value is -1.10. The molecule has 1 aromatic heterocycles. The monoisotopic (exact) mass is 298 g/mol. The molecule has 0 atom stereocenters. The molecular formula is C13H16Cl2N4. The lowest BCUT2D eigenvalue weighted by Crippen LogP contribution is -2.20. The first kappa shape index (κ1) is 14.3. The van der Waals surface area contributed by atoms with Crippen LogP contribution in [0.3, 0.4) is 0 Å². The van der Waals surface area contributed by atoms with Crippen LogP contribution in [0.15, 0.2) is 18.2 Å². The smallest absolute Gasteiger partial charge is 0.146 e. The van der Waals surface area contributed by atoms with E-state index in [1.807, 2.05) is 37.7 Å². The lowest BCUT2D eigenvalue weighted by molar-refractivity contribution is 0.306. The summed E-state index contributed by atoms with van der Waals surface area (Å²) in [6.07, 6.45) is 0. The molecule has 0 radical (unpaired) electrons. The molecule has 0 aliphatic rings. The van der Waals surface area contributed by atoms with E-state index in [0.717, 1.165) is 22.2 Å². The summed E-state index contributed by atoms with van der Waals surface area (Å²) in [6.45, 7) is 3.36. The van der Waals surface area contributed by atoms with E-state index in [4.69, 9.17) is 23.2 Å². The van der Waals surface area contributed by atoms with Crippen molar-refractivity contribution in [2.24, 2.45) is 7.05 Å². The second-order valence-electron chi connectivity index (χ2n) is 4.63. The highest BCUT2D eigenvalue weighted by Gasteiger charge is 2.10. The van der Waals surface area contributed by atoms with E-state index in [2.05, 4.69) is 15.1 Å². The Kier molecular flexibility index (Phi) is 4.45. The molecule has 6 heteroatoms. The Morgan fingerprint density at radius 1 is 1.21 bits per heavy atom. The highest BCUT2D eigenvalue weighted by Crippen LogP contribution is 2.22. The summed E-state index contributed by atoms with van der Waals surface area (Å²) in [6, 6.07) is 5.50. The molecule has 0 bridgehead atoms. The van der Waals surface area contributed by atoms with Gasteiger partial charge in [-0.15, -0.1) is 10.2 Å². The average molecular weight is 299 g/mol. The van der Waals surface area contributed by atoms with Crippen molar-refractivity contribution < 1.29 is 0 Å². The fourth-order valence-corrected chi connectivity index (χ4v) is 2.21. The number of aryl methyl sites for hydroxylation is 1. The predicted octanol–water partition coefficient (Wildman–Crippen LogP) is 3.06. The standard InChI is InChI=1S/C13H16Cl2N4/c1-9-16-17-13(19(9)3)8-18(2)7-10-6-11(14)4-5-12(10)15/h4-6H,7-8H2,1-3H3. The summed E-state index contributed by atoms with van der Waals surface area (Å²) in [5.41, 5.74) is 1.01. The quantitative estimate of drug-likeness (QED) is 0.870. The molecule has 4 nitrogen and oxygen atoms in total. The zero-order chi connectivity index (χ0) is 14.0. The zero-order valence-electron chi connectivity index (χ0n) is 11.2. The maximum absolute atomic E-state index is 6.16. The zero-order valence-corrected chi connectivity index (χ0v) is 12.7. The molecule has 0 unspecified atom stereocenters. The molecule has 0 spiro atoms. The Bertz CT molecular complexity index is 580. The van der Waals surface area contributed by atoms with E-state index in [-0.39, 0.29) is 0 Å². The topological polar surface area (TPSA) is 34.0 Å². The summed E-state index contributed by atoms with van der Waals surface area (Å²) in [5.74, 6) is 1.84. The van der Waals surface area contributed by atoms with Crippen molar-refractivity contribution in [3.8, 4) is 0 Å². The molecule has 0 aliphatic carbocycles. The van der Waals surface area contributed by atoms with Gasteiger partial charge in [-0.2, -0.15) is 0 Å². The van der Waals surface area contributed by atoms with Gasteiger partial charge in [0.2, 0.25) is 0 Å². The van der Waals surface area contributed by atoms with Gasteiger partial charge < -0.3 is 4.57 Å². The third-order valence-corrected chi connectivity index (χ3v) is 3.65. The summed E-state index contributed by atoms with van der Waals surface area (Å²) < 4.78 is 1.98. The van der Waals surface area contributed by atoms with Gasteiger partial charge in [-0.25, -0.2) is 0 Å². The molecule has 0 aliphatic heterocycles. The Balaban J connectivity index is 2.07. The van der Waals surface area contributed by atoms with Crippen molar-refractivity contribution in [3.63, 3.8) is 0 Å². The van der Waals surface area contributed by atoms with Crippen LogP contribution in [-0.2, 0) is 20.1 Å². The van der Waals surface area contributed by atoms with Gasteiger partial charge in [0, 0.05) is 23.6 Å². The first-order valence-corrected chi connectivity index (χ1v) is 6.70. The van der Waals surface area contributed by atoms with Crippen LogP contribution in [-0.4, -0.2) is 26.7 Å². The molecule has 2 aromatic rings. The van der Waals surface area contributed by atoms with Gasteiger partial charge in [-0.3, -0.25) is 4.90 Å². The van der Waals surface area contributed by atoms with E-state index in [1.54, 1.807) is 6.07 Å². The first-order chi connectivity index (χ1) is 8.97. The van der Waals surface area contributed by atoms with Crippen molar-refractivity contribution in [2.75, 3.05) is 7.05 Å². The van der Waals surface area contributed by atoms with Gasteiger partial charge in [0.25, 0.3) is 0 Å². The fourth-order valence-electron chi connectivity index (χ4n) is 1.84. The maximum Gasteiger partial charge on any atom is 0.146 e. The minimum atomic E-state index is 0.697. The summed E-state index contributed by atoms with van der Waals surface area (Å²) in [7, 11) is 3.98. The van der Waals surface area contributed by atoms with E-state index in [1.165, 1.54) is 0 Å². The van der Waals surface area contributed by atoms with E-state index >= 15 is 0 Å². The normalized spacial score (nSPS) is 11.3. The minimum absolute atomic E-state index is 0.697. The number of benzene rings is 1. The number of halogens is 2. The van der Waals surface area contributed by atoms with E-state index < -0.39 is 0 Å². The molecule has 0 saturated heterocycles. The lowest BCUT2D eigenvalue weighted by Gasteiger charge is -2.17. The fraction of sp³-hybridized carbons (Fsp3) is 0.385. The Morgan fingerprint density at radius 2 is 1.95 bits per heavy atom. The Labute approximate surface area is 123 Å². The molecule has 1 heterocycles. The SMILES string of the molecule is Cc1nnc(CN(C)Cc2cc(Cl)ccc2Cl)n1C. The van der Waals surface area contributed by atoms with E-state index in [0.29, 0.717) is 18.1 Å². The molecule has 0 saturated carbocycles. The Morgan fingerprint density at radius 3 is 2.58 bits per heavy atom. The lowest BCUT2D eigenvalue weighted by atomic mass is 10.2. The molecule has 0 amide bonds. The van der Waals surface area contributed by atoms with E-state index in [9.17, 15) is 0 Å². The molecule has 102 valence electrons. The van der Waals surface area contributed by atoms with Crippen LogP contribution >= 0.6 is 23.2 Å². The van der Waals surface area contributed by atoms with Crippen molar-refractivity contribution in [1.82, 2.24) is 19.7 Å². The summed E-state index contributed by atoms with van der Waals surface area (Å²) in [4.78, 5) is 2.13. The number of hydrogen-bond donors (Lipinski definition) is 0. The van der Waals surface area contributed by atoms with Gasteiger partial charge in [0.05, 0.1) is 6.54 Å². The minimum Gasteiger partial charge on any atom is -0.317 e. The van der Waals surface area contributed by atoms with Gasteiger partial charge in [0.1, 0.15) is 11.6 Å². The third kappa shape index (κ3) is 3.47. The number of hydrogen-bond acceptors (Lipinski definition) is 3. The molecule has 0 fully saturated rings. The van der Waals surface area contributed by atoms with Crippen LogP contribution in [0, 0.1) is 6.92 Å². The number of aromatic nitrogens is 3. The van der Waals surface area contributed by atoms with Crippen molar-refractivity contribution in [3.05, 3.63) is 45.5 Å². The van der Waals surface area contributed by atoms with Crippen LogP contribution in [0.25, 0.3) is 0 Å². The highest BCUT2D eigenvalue weighted by molar-refractivity contribution is 6.33. The average Bonchev–Trinajstić information content (AvgIpc) is 2.66. The predicted molar refractivity (Wildman–Crippen MR) is 77.4 cm³/mol. The molecular weight excluding hydrogens is 283 g/mol. The molecule has 2 rings (SSSR count). The van der Waals surface area contributed by atoms with Crippen LogP contribution in [0.1, 0.15) is 17.2 Å². The van der Waals surface area contributed by atoms with Crippen LogP contribution in [0.5, 0.6) is 0 Å². The largest absolute Gasteiger partial charge is 0.317 e.